The molecule has 0 radical (unpaired) electrons. The fourth-order valence-electron chi connectivity index (χ4n) is 1.79. The molecule has 0 aromatic heterocycles. The Morgan fingerprint density at radius 1 is 1.12 bits per heavy atom. The van der Waals surface area contributed by atoms with E-state index in [1.165, 1.54) is 31.4 Å². The lowest BCUT2D eigenvalue weighted by molar-refractivity contribution is -0.384. The van der Waals surface area contributed by atoms with E-state index in [2.05, 4.69) is 4.74 Å². The molecule has 0 saturated heterocycles. The van der Waals surface area contributed by atoms with E-state index < -0.39 is 16.9 Å². The van der Waals surface area contributed by atoms with Crippen LogP contribution in [0.4, 0.5) is 5.69 Å². The predicted molar refractivity (Wildman–Crippen MR) is 85.5 cm³/mol. The Bertz CT molecular complexity index is 795. The molecule has 122 valence electrons. The zero-order valence-electron chi connectivity index (χ0n) is 12.7. The summed E-state index contributed by atoms with van der Waals surface area (Å²) in [5.74, 6) is -0.894. The van der Waals surface area contributed by atoms with Crippen molar-refractivity contribution >= 4 is 23.7 Å². The largest absolute Gasteiger partial charge is 0.466 e. The van der Waals surface area contributed by atoms with E-state index >= 15 is 0 Å². The number of carbonyl (C=O) groups is 2. The maximum absolute atomic E-state index is 12.0. The zero-order chi connectivity index (χ0) is 17.5. The van der Waals surface area contributed by atoms with Gasteiger partial charge in [-0.05, 0) is 29.8 Å². The van der Waals surface area contributed by atoms with Crippen LogP contribution in [0.3, 0.4) is 0 Å². The lowest BCUT2D eigenvalue weighted by atomic mass is 10.2. The number of non-ortho nitro benzene ring substituents is 1. The van der Waals surface area contributed by atoms with E-state index in [4.69, 9.17) is 4.74 Å². The Kier molecular flexibility index (Phi) is 5.40. The minimum absolute atomic E-state index is 0.0823. The minimum atomic E-state index is -0.698. The highest BCUT2D eigenvalue weighted by molar-refractivity contribution is 5.91. The quantitative estimate of drug-likeness (QED) is 0.275. The standard InChI is InChI=1S/C17H13NO6/c1-23-16(19)10-7-12-5-8-15(9-6-12)24-17(20)13-3-2-4-14(11-13)18(21)22/h2-11H,1H3/b10-7+. The van der Waals surface area contributed by atoms with Crippen LogP contribution in [0.15, 0.2) is 54.6 Å². The van der Waals surface area contributed by atoms with E-state index in [1.807, 2.05) is 0 Å². The second-order valence-corrected chi connectivity index (χ2v) is 4.62. The van der Waals surface area contributed by atoms with Gasteiger partial charge in [0.2, 0.25) is 0 Å². The number of nitro benzene ring substituents is 1. The number of esters is 2. The number of nitrogens with zero attached hydrogens (tertiary/aromatic N) is 1. The van der Waals surface area contributed by atoms with Gasteiger partial charge < -0.3 is 9.47 Å². The van der Waals surface area contributed by atoms with Gasteiger partial charge >= 0.3 is 11.9 Å². The normalized spacial score (nSPS) is 10.4. The highest BCUT2D eigenvalue weighted by atomic mass is 16.6. The van der Waals surface area contributed by atoms with Crippen molar-refractivity contribution in [3.63, 3.8) is 0 Å². The Balaban J connectivity index is 2.07. The lowest BCUT2D eigenvalue weighted by Gasteiger charge is -2.04. The molecule has 7 nitrogen and oxygen atoms in total. The number of nitro groups is 1. The lowest BCUT2D eigenvalue weighted by Crippen LogP contribution is -2.08. The SMILES string of the molecule is COC(=O)/C=C/c1ccc(OC(=O)c2cccc([N+](=O)[O-])c2)cc1. The smallest absolute Gasteiger partial charge is 0.343 e. The molecule has 0 heterocycles. The molecule has 2 rings (SSSR count). The van der Waals surface area contributed by atoms with Crippen molar-refractivity contribution in [2.75, 3.05) is 7.11 Å². The molecule has 0 saturated carbocycles. The molecule has 0 unspecified atom stereocenters. The van der Waals surface area contributed by atoms with Gasteiger partial charge in [-0.25, -0.2) is 9.59 Å². The average molecular weight is 327 g/mol. The molecular weight excluding hydrogens is 314 g/mol. The highest BCUT2D eigenvalue weighted by Gasteiger charge is 2.13. The van der Waals surface area contributed by atoms with Crippen LogP contribution in [-0.2, 0) is 9.53 Å². The average Bonchev–Trinajstić information content (AvgIpc) is 2.60. The Morgan fingerprint density at radius 2 is 1.83 bits per heavy atom. The molecule has 0 spiro atoms. The first-order valence-corrected chi connectivity index (χ1v) is 6.82. The molecule has 2 aromatic carbocycles. The second-order valence-electron chi connectivity index (χ2n) is 4.62. The number of hydrogen-bond donors (Lipinski definition) is 0. The van der Waals surface area contributed by atoms with E-state index in [1.54, 1.807) is 30.3 Å². The molecule has 0 atom stereocenters. The van der Waals surface area contributed by atoms with Gasteiger partial charge in [-0.2, -0.15) is 0 Å². The number of benzene rings is 2. The van der Waals surface area contributed by atoms with Crippen molar-refractivity contribution in [1.82, 2.24) is 0 Å². The number of carbonyl (C=O) groups excluding carboxylic acids is 2. The third-order valence-corrected chi connectivity index (χ3v) is 3.00. The van der Waals surface area contributed by atoms with Gasteiger partial charge in [-0.3, -0.25) is 10.1 Å². The van der Waals surface area contributed by atoms with Gasteiger partial charge in [0.15, 0.2) is 0 Å². The topological polar surface area (TPSA) is 95.7 Å². The maximum atomic E-state index is 12.0. The number of rotatable bonds is 5. The Morgan fingerprint density at radius 3 is 2.46 bits per heavy atom. The molecular formula is C17H13NO6. The van der Waals surface area contributed by atoms with Crippen LogP contribution in [0.2, 0.25) is 0 Å². The van der Waals surface area contributed by atoms with Crippen LogP contribution < -0.4 is 4.74 Å². The highest BCUT2D eigenvalue weighted by Crippen LogP contribution is 2.18. The minimum Gasteiger partial charge on any atom is -0.466 e. The first-order valence-electron chi connectivity index (χ1n) is 6.82. The van der Waals surface area contributed by atoms with Crippen LogP contribution in [0, 0.1) is 10.1 Å². The maximum Gasteiger partial charge on any atom is 0.343 e. The summed E-state index contributed by atoms with van der Waals surface area (Å²) >= 11 is 0. The fourth-order valence-corrected chi connectivity index (χ4v) is 1.79. The van der Waals surface area contributed by atoms with Gasteiger partial charge in [0.25, 0.3) is 5.69 Å². The van der Waals surface area contributed by atoms with Crippen LogP contribution in [0.25, 0.3) is 6.08 Å². The van der Waals surface area contributed by atoms with E-state index in [9.17, 15) is 19.7 Å². The van der Waals surface area contributed by atoms with Crippen molar-refractivity contribution in [3.8, 4) is 5.75 Å². The number of methoxy groups -OCH3 is 1. The van der Waals surface area contributed by atoms with Crippen molar-refractivity contribution in [3.05, 3.63) is 75.8 Å². The third kappa shape index (κ3) is 4.51. The molecule has 0 N–H and O–H groups in total. The first kappa shape index (κ1) is 16.9. The molecule has 0 aliphatic heterocycles. The molecule has 24 heavy (non-hydrogen) atoms. The molecule has 0 aliphatic carbocycles. The van der Waals surface area contributed by atoms with Crippen LogP contribution in [0.1, 0.15) is 15.9 Å². The summed E-state index contributed by atoms with van der Waals surface area (Å²) in [5, 5.41) is 10.7. The van der Waals surface area contributed by atoms with Crippen molar-refractivity contribution in [1.29, 1.82) is 0 Å². The van der Waals surface area contributed by atoms with Crippen molar-refractivity contribution in [2.24, 2.45) is 0 Å². The molecule has 0 aliphatic rings. The van der Waals surface area contributed by atoms with Crippen LogP contribution in [-0.4, -0.2) is 24.0 Å². The van der Waals surface area contributed by atoms with Gasteiger partial charge in [-0.1, -0.05) is 18.2 Å². The molecule has 0 amide bonds. The third-order valence-electron chi connectivity index (χ3n) is 3.00. The summed E-state index contributed by atoms with van der Waals surface area (Å²) in [7, 11) is 1.28. The van der Waals surface area contributed by atoms with E-state index in [0.29, 0.717) is 0 Å². The molecule has 2 aromatic rings. The summed E-state index contributed by atoms with van der Waals surface area (Å²) in [5.41, 5.74) is 0.613. The van der Waals surface area contributed by atoms with Crippen LogP contribution >= 0.6 is 0 Å². The molecule has 0 fully saturated rings. The van der Waals surface area contributed by atoms with Gasteiger partial charge in [0, 0.05) is 18.2 Å². The number of ether oxygens (including phenoxy) is 2. The fraction of sp³-hybridized carbons (Fsp3) is 0.0588. The summed E-state index contributed by atoms with van der Waals surface area (Å²) in [6.07, 6.45) is 2.82. The summed E-state index contributed by atoms with van der Waals surface area (Å²) in [6, 6.07) is 11.7. The zero-order valence-corrected chi connectivity index (χ0v) is 12.7. The van der Waals surface area contributed by atoms with Crippen LogP contribution in [0.5, 0.6) is 5.75 Å². The predicted octanol–water partition coefficient (Wildman–Crippen LogP) is 3.00. The molecule has 7 heteroatoms. The van der Waals surface area contributed by atoms with E-state index in [0.717, 1.165) is 11.6 Å². The second kappa shape index (κ2) is 7.68. The Labute approximate surface area is 137 Å². The Hall–Kier alpha value is -3.48. The number of hydrogen-bond acceptors (Lipinski definition) is 6. The summed E-state index contributed by atoms with van der Waals surface area (Å²) in [4.78, 5) is 33.1. The van der Waals surface area contributed by atoms with Crippen molar-refractivity contribution < 1.29 is 24.0 Å². The van der Waals surface area contributed by atoms with Gasteiger partial charge in [0.1, 0.15) is 5.75 Å². The first-order chi connectivity index (χ1) is 11.5. The van der Waals surface area contributed by atoms with Crippen molar-refractivity contribution in [2.45, 2.75) is 0 Å². The van der Waals surface area contributed by atoms with Gasteiger partial charge in [0.05, 0.1) is 17.6 Å². The molecule has 0 bridgehead atoms. The summed E-state index contributed by atoms with van der Waals surface area (Å²) < 4.78 is 9.64. The van der Waals surface area contributed by atoms with Gasteiger partial charge in [-0.15, -0.1) is 0 Å². The van der Waals surface area contributed by atoms with E-state index in [-0.39, 0.29) is 17.0 Å². The monoisotopic (exact) mass is 327 g/mol. The summed E-state index contributed by atoms with van der Waals surface area (Å²) in [6.45, 7) is 0.